The summed E-state index contributed by atoms with van der Waals surface area (Å²) in [7, 11) is 0. The van der Waals surface area contributed by atoms with Gasteiger partial charge in [0.1, 0.15) is 0 Å². The molecule has 0 unspecified atom stereocenters. The first kappa shape index (κ1) is 15.6. The molecule has 0 amide bonds. The second-order valence-electron chi connectivity index (χ2n) is 2.21. The minimum atomic E-state index is 0. The van der Waals surface area contributed by atoms with Crippen LogP contribution in [0.2, 0.25) is 0 Å². The van der Waals surface area contributed by atoms with Crippen molar-refractivity contribution in [3.05, 3.63) is 48.6 Å². The summed E-state index contributed by atoms with van der Waals surface area (Å²) in [5, 5.41) is 0. The van der Waals surface area contributed by atoms with Crippen molar-refractivity contribution in [2.45, 2.75) is 19.8 Å². The van der Waals surface area contributed by atoms with Crippen molar-refractivity contribution in [2.24, 2.45) is 0 Å². The molecule has 1 nitrogen and oxygen atoms in total. The minimum absolute atomic E-state index is 0. The maximum absolute atomic E-state index is 8.68. The quantitative estimate of drug-likeness (QED) is 0.461. The molecule has 0 atom stereocenters. The molecule has 2 aliphatic carbocycles. The average molecular weight is 229 g/mol. The van der Waals surface area contributed by atoms with Crippen LogP contribution >= 0.6 is 0 Å². The Morgan fingerprint density at radius 3 is 1.50 bits per heavy atom. The molecule has 2 heteroatoms. The van der Waals surface area contributed by atoms with Crippen LogP contribution in [0.25, 0.3) is 0 Å². The smallest absolute Gasteiger partial charge is 0.542 e. The zero-order valence-corrected chi connectivity index (χ0v) is 9.24. The van der Waals surface area contributed by atoms with Gasteiger partial charge in [0, 0.05) is 0 Å². The zero-order valence-electron chi connectivity index (χ0n) is 8.14. The van der Waals surface area contributed by atoms with E-state index in [0.29, 0.717) is 0 Å². The number of allylic oxidation sites excluding steroid dienone is 8. The molecule has 0 N–H and O–H groups in total. The van der Waals surface area contributed by atoms with Gasteiger partial charge in [0.25, 0.3) is 0 Å². The van der Waals surface area contributed by atoms with E-state index in [1.54, 1.807) is 0 Å². The molecule has 0 fully saturated rings. The summed E-state index contributed by atoms with van der Waals surface area (Å²) in [5.41, 5.74) is 0. The molecule has 2 aliphatic rings. The first-order valence-corrected chi connectivity index (χ1v) is 4.14. The Morgan fingerprint density at radius 1 is 1.07 bits per heavy atom. The third kappa shape index (κ3) is 13.7. The van der Waals surface area contributed by atoms with Gasteiger partial charge in [0.05, 0.1) is 0 Å². The fraction of sp³-hybridized carbons (Fsp3) is 0.250. The van der Waals surface area contributed by atoms with Crippen molar-refractivity contribution < 1.29 is 21.9 Å². The summed E-state index contributed by atoms with van der Waals surface area (Å²) in [4.78, 5) is 8.68. The summed E-state index contributed by atoms with van der Waals surface area (Å²) < 4.78 is 0. The van der Waals surface area contributed by atoms with Gasteiger partial charge in [0.15, 0.2) is 0 Å². The molecule has 0 spiro atoms. The summed E-state index contributed by atoms with van der Waals surface area (Å²) in [5.74, 6) is 0. The molecular weight excluding hydrogens is 216 g/mol. The number of carbonyl (C=O) groups excluding carboxylic acids is 1. The molecule has 2 rings (SSSR count). The second-order valence-corrected chi connectivity index (χ2v) is 2.21. The standard InChI is InChI=1S/2C5H5.C2H3O.Fe/c2*1-2-4-5-3-1;1-2-3;/h2*1-3H,4H2;1H3;/q3*-1;+3. The maximum atomic E-state index is 8.68. The topological polar surface area (TPSA) is 17.1 Å². The first-order chi connectivity index (χ1) is 6.41. The molecule has 0 heterocycles. The van der Waals surface area contributed by atoms with Crippen LogP contribution in [-0.4, -0.2) is 6.29 Å². The average Bonchev–Trinajstić information content (AvgIpc) is 2.85. The van der Waals surface area contributed by atoms with Crippen LogP contribution in [0.15, 0.2) is 36.5 Å². The van der Waals surface area contributed by atoms with E-state index in [1.807, 2.05) is 24.3 Å². The largest absolute Gasteiger partial charge is 3.00 e. The normalized spacial score (nSPS) is 13.5. The third-order valence-electron chi connectivity index (χ3n) is 1.17. The Morgan fingerprint density at radius 2 is 1.43 bits per heavy atom. The third-order valence-corrected chi connectivity index (χ3v) is 1.17. The van der Waals surface area contributed by atoms with Crippen molar-refractivity contribution in [3.63, 3.8) is 0 Å². The van der Waals surface area contributed by atoms with Crippen LogP contribution in [0, 0.1) is 12.2 Å². The van der Waals surface area contributed by atoms with E-state index in [2.05, 4.69) is 24.3 Å². The molecule has 14 heavy (non-hydrogen) atoms. The molecule has 0 aliphatic heterocycles. The number of hydrogen-bond acceptors (Lipinski definition) is 1. The predicted octanol–water partition coefficient (Wildman–Crippen LogP) is 2.72. The van der Waals surface area contributed by atoms with Gasteiger partial charge in [-0.05, 0) is 0 Å². The number of rotatable bonds is 0. The monoisotopic (exact) mass is 229 g/mol. The van der Waals surface area contributed by atoms with Gasteiger partial charge in [-0.25, -0.2) is 24.3 Å². The van der Waals surface area contributed by atoms with Gasteiger partial charge >= 0.3 is 17.1 Å². The van der Waals surface area contributed by atoms with Gasteiger partial charge in [0.2, 0.25) is 0 Å². The molecule has 1 radical (unpaired) electrons. The molecule has 0 bridgehead atoms. The van der Waals surface area contributed by atoms with Crippen LogP contribution in [0.5, 0.6) is 0 Å². The first-order valence-electron chi connectivity index (χ1n) is 4.14. The minimum Gasteiger partial charge on any atom is -0.542 e. The van der Waals surface area contributed by atoms with Gasteiger partial charge in [-0.2, -0.15) is 19.1 Å². The van der Waals surface area contributed by atoms with Gasteiger partial charge in [-0.3, -0.25) is 18.4 Å². The van der Waals surface area contributed by atoms with E-state index in [4.69, 9.17) is 4.79 Å². The van der Waals surface area contributed by atoms with Crippen molar-refractivity contribution >= 4 is 6.29 Å². The van der Waals surface area contributed by atoms with Crippen molar-refractivity contribution in [1.82, 2.24) is 0 Å². The van der Waals surface area contributed by atoms with E-state index in [0.717, 1.165) is 12.8 Å². The van der Waals surface area contributed by atoms with Crippen LogP contribution in [0.3, 0.4) is 0 Å². The molecule has 0 saturated heterocycles. The van der Waals surface area contributed by atoms with Gasteiger partial charge in [-0.1, -0.05) is 0 Å². The van der Waals surface area contributed by atoms with E-state index < -0.39 is 0 Å². The fourth-order valence-electron chi connectivity index (χ4n) is 0.680. The summed E-state index contributed by atoms with van der Waals surface area (Å²) >= 11 is 0. The Bertz CT molecular complexity index is 182. The summed E-state index contributed by atoms with van der Waals surface area (Å²) in [6.07, 6.45) is 21.5. The second kappa shape index (κ2) is 14.7. The zero-order chi connectivity index (χ0) is 9.78. The molecule has 0 aromatic rings. The Kier molecular flexibility index (Phi) is 16.4. The molecule has 75 valence electrons. The maximum Gasteiger partial charge on any atom is 3.00 e. The summed E-state index contributed by atoms with van der Waals surface area (Å²) in [6.45, 7) is 1.32. The van der Waals surface area contributed by atoms with Crippen LogP contribution in [0.4, 0.5) is 0 Å². The molecule has 0 aromatic carbocycles. The van der Waals surface area contributed by atoms with Gasteiger partial charge in [-0.15, -0.1) is 12.8 Å². The van der Waals surface area contributed by atoms with Crippen molar-refractivity contribution in [1.29, 1.82) is 0 Å². The predicted molar refractivity (Wildman–Crippen MR) is 54.5 cm³/mol. The van der Waals surface area contributed by atoms with Crippen LogP contribution in [-0.2, 0) is 21.9 Å². The SMILES string of the molecule is C[C-]=O.[C-]1=CC=CC1.[C-]1=CC=CC1.[Fe+3]. The Hall–Kier alpha value is -0.851. The van der Waals surface area contributed by atoms with E-state index in [-0.39, 0.29) is 17.1 Å². The fourth-order valence-corrected chi connectivity index (χ4v) is 0.680. The molecular formula is C12H13FeO. The van der Waals surface area contributed by atoms with Crippen molar-refractivity contribution in [3.8, 4) is 0 Å². The van der Waals surface area contributed by atoms with Crippen LogP contribution < -0.4 is 0 Å². The van der Waals surface area contributed by atoms with Crippen LogP contribution in [0.1, 0.15) is 19.8 Å². The van der Waals surface area contributed by atoms with Gasteiger partial charge < -0.3 is 4.79 Å². The molecule has 0 aromatic heterocycles. The Labute approximate surface area is 96.8 Å². The van der Waals surface area contributed by atoms with Crippen molar-refractivity contribution in [2.75, 3.05) is 0 Å². The van der Waals surface area contributed by atoms with E-state index in [1.165, 1.54) is 13.2 Å². The molecule has 0 saturated carbocycles. The van der Waals surface area contributed by atoms with E-state index in [9.17, 15) is 0 Å². The summed E-state index contributed by atoms with van der Waals surface area (Å²) in [6, 6.07) is 0. The van der Waals surface area contributed by atoms with E-state index >= 15 is 0 Å². The number of hydrogen-bond donors (Lipinski definition) is 0. The Balaban J connectivity index is 0.